The molecule has 1 saturated heterocycles. The summed E-state index contributed by atoms with van der Waals surface area (Å²) in [4.78, 5) is 58.4. The number of nitrogens with one attached hydrogen (secondary N) is 2. The summed E-state index contributed by atoms with van der Waals surface area (Å²) >= 11 is 14.9. The molecule has 45 heavy (non-hydrogen) atoms. The van der Waals surface area contributed by atoms with E-state index in [2.05, 4.69) is 10.3 Å². The number of hydrogen-bond donors (Lipinski definition) is 2. The summed E-state index contributed by atoms with van der Waals surface area (Å²) in [5.74, 6) is -1.25. The molecule has 3 amide bonds. The number of rotatable bonds is 6. The fourth-order valence-electron chi connectivity index (χ4n) is 7.95. The number of ether oxygens (including phenoxy) is 1. The third kappa shape index (κ3) is 4.72. The quantitative estimate of drug-likeness (QED) is 0.228. The highest BCUT2D eigenvalue weighted by Gasteiger charge is 2.69. The van der Waals surface area contributed by atoms with Gasteiger partial charge in [0.15, 0.2) is 6.61 Å². The molecule has 2 aliphatic heterocycles. The third-order valence-corrected chi connectivity index (χ3v) is 12.6. The van der Waals surface area contributed by atoms with E-state index in [1.54, 1.807) is 60.3 Å². The molecule has 8 rings (SSSR count). The maximum atomic E-state index is 14.0. The van der Waals surface area contributed by atoms with Gasteiger partial charge in [-0.05, 0) is 78.8 Å². The first kappa shape index (κ1) is 28.9. The van der Waals surface area contributed by atoms with Gasteiger partial charge in [-0.1, -0.05) is 52.7 Å². The Kier molecular flexibility index (Phi) is 7.09. The van der Waals surface area contributed by atoms with Crippen LogP contribution >= 0.6 is 46.3 Å². The lowest BCUT2D eigenvalue weighted by Gasteiger charge is -2.43. The second-order valence-corrected chi connectivity index (χ2v) is 14.9. The fourth-order valence-corrected chi connectivity index (χ4v) is 11.1. The number of fused-ring (bicyclic) bond motifs is 9. The van der Waals surface area contributed by atoms with Crippen LogP contribution in [0.5, 0.6) is 5.75 Å². The summed E-state index contributed by atoms with van der Waals surface area (Å²) < 4.78 is 6.14. The minimum Gasteiger partial charge on any atom is -0.483 e. The Morgan fingerprint density at radius 1 is 0.911 bits per heavy atom. The van der Waals surface area contributed by atoms with Gasteiger partial charge >= 0.3 is 4.87 Å². The Morgan fingerprint density at radius 2 is 1.58 bits per heavy atom. The van der Waals surface area contributed by atoms with E-state index in [4.69, 9.17) is 27.9 Å². The molecule has 2 saturated carbocycles. The van der Waals surface area contributed by atoms with Gasteiger partial charge in [0.1, 0.15) is 5.75 Å². The molecule has 3 heterocycles. The zero-order chi connectivity index (χ0) is 31.0. The molecule has 0 spiro atoms. The highest BCUT2D eigenvalue weighted by Crippen LogP contribution is 2.69. The van der Waals surface area contributed by atoms with Crippen LogP contribution in [0.1, 0.15) is 22.8 Å². The van der Waals surface area contributed by atoms with Gasteiger partial charge in [0.25, 0.3) is 5.91 Å². The van der Waals surface area contributed by atoms with E-state index in [0.717, 1.165) is 21.9 Å². The molecule has 0 unspecified atom stereocenters. The van der Waals surface area contributed by atoms with Crippen molar-refractivity contribution in [2.75, 3.05) is 16.8 Å². The van der Waals surface area contributed by atoms with Crippen LogP contribution in [0.2, 0.25) is 10.0 Å². The van der Waals surface area contributed by atoms with E-state index >= 15 is 0 Å². The number of thioether (sulfide) groups is 1. The maximum absolute atomic E-state index is 14.0. The van der Waals surface area contributed by atoms with Crippen molar-refractivity contribution in [3.8, 4) is 5.75 Å². The van der Waals surface area contributed by atoms with Gasteiger partial charge in [-0.2, -0.15) is 0 Å². The molecule has 1 aromatic heterocycles. The number of anilines is 2. The van der Waals surface area contributed by atoms with Gasteiger partial charge < -0.3 is 15.0 Å². The predicted molar refractivity (Wildman–Crippen MR) is 174 cm³/mol. The van der Waals surface area contributed by atoms with Crippen molar-refractivity contribution < 1.29 is 19.1 Å². The number of carbonyl (C=O) groups is 3. The molecular formula is C33H25Cl2N3O5S2. The molecule has 0 radical (unpaired) electrons. The predicted octanol–water partition coefficient (Wildman–Crippen LogP) is 6.44. The number of para-hydroxylation sites is 1. The molecule has 4 aliphatic rings. The lowest BCUT2D eigenvalue weighted by molar-refractivity contribution is -0.123. The number of nitrogens with zero attached hydrogens (tertiary/aromatic N) is 1. The summed E-state index contributed by atoms with van der Waals surface area (Å²) in [5.41, 5.74) is 2.00. The van der Waals surface area contributed by atoms with Crippen molar-refractivity contribution >= 4 is 75.4 Å². The van der Waals surface area contributed by atoms with Crippen LogP contribution in [-0.2, 0) is 14.4 Å². The summed E-state index contributed by atoms with van der Waals surface area (Å²) in [6, 6.07) is 21.2. The van der Waals surface area contributed by atoms with Gasteiger partial charge in [-0.15, -0.1) is 11.8 Å². The molecule has 3 aromatic carbocycles. The Balaban J connectivity index is 1.12. The van der Waals surface area contributed by atoms with Crippen LogP contribution in [0.4, 0.5) is 11.4 Å². The van der Waals surface area contributed by atoms with Crippen molar-refractivity contribution in [1.29, 1.82) is 0 Å². The molecule has 8 nitrogen and oxygen atoms in total. The highest BCUT2D eigenvalue weighted by molar-refractivity contribution is 8.00. The number of amides is 3. The second-order valence-electron chi connectivity index (χ2n) is 11.8. The Hall–Kier alpha value is -3.57. The Bertz CT molecular complexity index is 1910. The number of H-pyrrole nitrogens is 1. The number of aromatic amines is 1. The number of carbonyl (C=O) groups excluding carboxylic acids is 3. The molecule has 228 valence electrons. The summed E-state index contributed by atoms with van der Waals surface area (Å²) in [6.45, 7) is -0.217. The molecule has 12 heteroatoms. The number of thiazole rings is 1. The van der Waals surface area contributed by atoms with Crippen molar-refractivity contribution in [2.24, 2.45) is 29.6 Å². The maximum Gasteiger partial charge on any atom is 0.305 e. The summed E-state index contributed by atoms with van der Waals surface area (Å²) in [5, 5.41) is 4.76. The van der Waals surface area contributed by atoms with Crippen LogP contribution in [0.3, 0.4) is 0 Å². The summed E-state index contributed by atoms with van der Waals surface area (Å²) in [7, 11) is 0. The number of aromatic nitrogens is 1. The van der Waals surface area contributed by atoms with Crippen LogP contribution in [0.15, 0.2) is 82.6 Å². The Labute approximate surface area is 276 Å². The number of imide groups is 1. The molecular weight excluding hydrogens is 653 g/mol. The first-order chi connectivity index (χ1) is 21.8. The number of halogens is 2. The third-order valence-electron chi connectivity index (χ3n) is 9.55. The van der Waals surface area contributed by atoms with Gasteiger partial charge in [0.2, 0.25) is 11.8 Å². The molecule has 2 N–H and O–H groups in total. The van der Waals surface area contributed by atoms with E-state index in [-0.39, 0.29) is 58.1 Å². The first-order valence-corrected chi connectivity index (χ1v) is 17.0. The van der Waals surface area contributed by atoms with Crippen LogP contribution in [0, 0.1) is 29.6 Å². The van der Waals surface area contributed by atoms with Crippen LogP contribution in [-0.4, -0.2) is 34.6 Å². The average Bonchev–Trinajstić information content (AvgIpc) is 3.77. The van der Waals surface area contributed by atoms with E-state index < -0.39 is 11.8 Å². The fraction of sp³-hybridized carbons (Fsp3) is 0.273. The second kappa shape index (κ2) is 11.0. The van der Waals surface area contributed by atoms with Gasteiger partial charge in [-0.3, -0.25) is 24.1 Å². The normalized spacial score (nSPS) is 27.7. The van der Waals surface area contributed by atoms with E-state index in [9.17, 15) is 19.2 Å². The monoisotopic (exact) mass is 677 g/mol. The zero-order valence-corrected chi connectivity index (χ0v) is 26.6. The van der Waals surface area contributed by atoms with Gasteiger partial charge in [-0.25, -0.2) is 0 Å². The zero-order valence-electron chi connectivity index (χ0n) is 23.4. The van der Waals surface area contributed by atoms with Crippen molar-refractivity contribution in [2.45, 2.75) is 22.6 Å². The minimum absolute atomic E-state index is 0.00485. The van der Waals surface area contributed by atoms with E-state index in [1.807, 2.05) is 24.3 Å². The van der Waals surface area contributed by atoms with E-state index in [0.29, 0.717) is 27.2 Å². The highest BCUT2D eigenvalue weighted by atomic mass is 35.5. The van der Waals surface area contributed by atoms with Crippen molar-refractivity contribution in [3.05, 3.63) is 103 Å². The lowest BCUT2D eigenvalue weighted by atomic mass is 9.68. The topological polar surface area (TPSA) is 109 Å². The van der Waals surface area contributed by atoms with Gasteiger partial charge in [0, 0.05) is 37.3 Å². The van der Waals surface area contributed by atoms with E-state index in [1.165, 1.54) is 16.2 Å². The number of hydrogen-bond acceptors (Lipinski definition) is 7. The first-order valence-electron chi connectivity index (χ1n) is 14.6. The molecule has 2 aliphatic carbocycles. The molecule has 2 bridgehead atoms. The molecule has 3 fully saturated rings. The molecule has 7 atom stereocenters. The largest absolute Gasteiger partial charge is 0.483 e. The van der Waals surface area contributed by atoms with Crippen molar-refractivity contribution in [1.82, 2.24) is 4.98 Å². The summed E-state index contributed by atoms with van der Waals surface area (Å²) in [6.07, 6.45) is 0.770. The minimum atomic E-state index is -0.432. The standard InChI is InChI=1S/C33H25Cl2N3O5S2/c34-15-5-9-17(10-6-15)36-23(39)14-43-22-4-2-1-3-19(22)24-25-20-13-21(28(25)44-30-29(24)45-33(42)37-30)27-26(20)31(40)38(32(27)41)18-11-7-16(35)8-12-18/h1-12,20-21,24-28H,13-14H2,(H,36,39)(H,37,42)/t20-,21-,24+,25-,26+,27+,28-/m1/s1. The average molecular weight is 679 g/mol. The van der Waals surface area contributed by atoms with Crippen LogP contribution in [0.25, 0.3) is 0 Å². The van der Waals surface area contributed by atoms with Crippen molar-refractivity contribution in [3.63, 3.8) is 0 Å². The van der Waals surface area contributed by atoms with Crippen LogP contribution < -0.4 is 19.8 Å². The van der Waals surface area contributed by atoms with Gasteiger partial charge in [0.05, 0.1) is 22.5 Å². The SMILES string of the molecule is O=C(COc1ccccc1[C@@H]1c2sc(=O)[nH]c2S[C@@H]2[C@@H]3C[C@@H]([C@@H]4C(=O)N(c5ccc(Cl)cc5)C(=O)[C@@H]34)[C@H]12)Nc1ccc(Cl)cc1. The lowest BCUT2D eigenvalue weighted by Crippen LogP contribution is -2.42. The smallest absolute Gasteiger partial charge is 0.305 e. The number of benzene rings is 3. The Morgan fingerprint density at radius 3 is 2.31 bits per heavy atom. The molecule has 4 aromatic rings.